The van der Waals surface area contributed by atoms with E-state index in [1.165, 1.54) is 0 Å². The van der Waals surface area contributed by atoms with Gasteiger partial charge in [-0.05, 0) is 55.2 Å². The molecule has 0 aliphatic carbocycles. The number of ether oxygens (including phenoxy) is 1. The highest BCUT2D eigenvalue weighted by atomic mass is 16.5. The zero-order chi connectivity index (χ0) is 14.0. The summed E-state index contributed by atoms with van der Waals surface area (Å²) in [6, 6.07) is 9.99. The second-order valence-electron chi connectivity index (χ2n) is 4.85. The van der Waals surface area contributed by atoms with Crippen LogP contribution in [0.15, 0.2) is 30.3 Å². The van der Waals surface area contributed by atoms with Crippen molar-refractivity contribution in [2.45, 2.75) is 20.8 Å². The second-order valence-corrected chi connectivity index (χ2v) is 4.85. The Kier molecular flexibility index (Phi) is 3.70. The SMILES string of the molecule is COc1c(C)cc(-c2cc(C)ccc2C=O)cc1C. The summed E-state index contributed by atoms with van der Waals surface area (Å²) in [6.07, 6.45) is 0.906. The van der Waals surface area contributed by atoms with E-state index in [-0.39, 0.29) is 0 Å². The average molecular weight is 254 g/mol. The number of carbonyl (C=O) groups excluding carboxylic acids is 1. The summed E-state index contributed by atoms with van der Waals surface area (Å²) < 4.78 is 5.38. The van der Waals surface area contributed by atoms with Crippen LogP contribution in [0.2, 0.25) is 0 Å². The van der Waals surface area contributed by atoms with Crippen LogP contribution in [-0.2, 0) is 0 Å². The van der Waals surface area contributed by atoms with E-state index < -0.39 is 0 Å². The first kappa shape index (κ1) is 13.3. The van der Waals surface area contributed by atoms with Crippen LogP contribution in [0.25, 0.3) is 11.1 Å². The predicted molar refractivity (Wildman–Crippen MR) is 78.0 cm³/mol. The molecule has 0 saturated carbocycles. The summed E-state index contributed by atoms with van der Waals surface area (Å²) in [5.74, 6) is 0.907. The van der Waals surface area contributed by atoms with Gasteiger partial charge in [0.15, 0.2) is 6.29 Å². The van der Waals surface area contributed by atoms with Gasteiger partial charge in [0.05, 0.1) is 7.11 Å². The van der Waals surface area contributed by atoms with Crippen LogP contribution in [0.4, 0.5) is 0 Å². The van der Waals surface area contributed by atoms with Gasteiger partial charge >= 0.3 is 0 Å². The van der Waals surface area contributed by atoms with Crippen molar-refractivity contribution < 1.29 is 9.53 Å². The summed E-state index contributed by atoms with van der Waals surface area (Å²) in [6.45, 7) is 6.07. The maximum absolute atomic E-state index is 11.2. The third kappa shape index (κ3) is 2.53. The Morgan fingerprint density at radius 2 is 1.63 bits per heavy atom. The van der Waals surface area contributed by atoms with Crippen molar-refractivity contribution in [1.29, 1.82) is 0 Å². The van der Waals surface area contributed by atoms with Crippen LogP contribution in [-0.4, -0.2) is 13.4 Å². The largest absolute Gasteiger partial charge is 0.496 e. The highest BCUT2D eigenvalue weighted by molar-refractivity contribution is 5.88. The molecule has 0 unspecified atom stereocenters. The molecule has 19 heavy (non-hydrogen) atoms. The van der Waals surface area contributed by atoms with Crippen molar-refractivity contribution in [3.8, 4) is 16.9 Å². The number of aryl methyl sites for hydroxylation is 3. The van der Waals surface area contributed by atoms with Gasteiger partial charge in [-0.2, -0.15) is 0 Å². The monoisotopic (exact) mass is 254 g/mol. The number of methoxy groups -OCH3 is 1. The third-order valence-electron chi connectivity index (χ3n) is 3.31. The maximum Gasteiger partial charge on any atom is 0.150 e. The molecule has 0 bridgehead atoms. The molecule has 98 valence electrons. The molecule has 0 amide bonds. The zero-order valence-electron chi connectivity index (χ0n) is 11.8. The first-order valence-corrected chi connectivity index (χ1v) is 6.28. The maximum atomic E-state index is 11.2. The van der Waals surface area contributed by atoms with E-state index in [1.807, 2.05) is 39.0 Å². The van der Waals surface area contributed by atoms with Crippen molar-refractivity contribution in [2.75, 3.05) is 7.11 Å². The molecule has 2 nitrogen and oxygen atoms in total. The van der Waals surface area contributed by atoms with Gasteiger partial charge < -0.3 is 4.74 Å². The molecule has 2 heteroatoms. The van der Waals surface area contributed by atoms with Crippen LogP contribution in [0.3, 0.4) is 0 Å². The van der Waals surface area contributed by atoms with E-state index in [0.717, 1.165) is 45.4 Å². The molecule has 2 aromatic rings. The lowest BCUT2D eigenvalue weighted by atomic mass is 9.95. The lowest BCUT2D eigenvalue weighted by molar-refractivity contribution is 0.112. The second kappa shape index (κ2) is 5.27. The fraction of sp³-hybridized carbons (Fsp3) is 0.235. The van der Waals surface area contributed by atoms with E-state index in [9.17, 15) is 4.79 Å². The topological polar surface area (TPSA) is 26.3 Å². The van der Waals surface area contributed by atoms with Gasteiger partial charge in [-0.1, -0.05) is 23.8 Å². The van der Waals surface area contributed by atoms with Gasteiger partial charge in [0.1, 0.15) is 5.75 Å². The standard InChI is InChI=1S/C17H18O2/c1-11-5-6-14(10-18)16(7-11)15-8-12(2)17(19-4)13(3)9-15/h5-10H,1-4H3. The predicted octanol–water partition coefficient (Wildman–Crippen LogP) is 4.10. The minimum atomic E-state index is 0.717. The van der Waals surface area contributed by atoms with Crippen LogP contribution in [0.5, 0.6) is 5.75 Å². The third-order valence-corrected chi connectivity index (χ3v) is 3.31. The lowest BCUT2D eigenvalue weighted by Gasteiger charge is -2.13. The minimum Gasteiger partial charge on any atom is -0.496 e. The molecule has 0 atom stereocenters. The van der Waals surface area contributed by atoms with Gasteiger partial charge in [-0.25, -0.2) is 0 Å². The summed E-state index contributed by atoms with van der Waals surface area (Å²) >= 11 is 0. The van der Waals surface area contributed by atoms with Crippen molar-refractivity contribution in [1.82, 2.24) is 0 Å². The van der Waals surface area contributed by atoms with E-state index in [1.54, 1.807) is 7.11 Å². The Morgan fingerprint density at radius 1 is 1.00 bits per heavy atom. The first-order chi connectivity index (χ1) is 9.06. The molecule has 0 aliphatic heterocycles. The van der Waals surface area contributed by atoms with Crippen molar-refractivity contribution >= 4 is 6.29 Å². The van der Waals surface area contributed by atoms with E-state index >= 15 is 0 Å². The molecule has 2 aromatic carbocycles. The fourth-order valence-corrected chi connectivity index (χ4v) is 2.45. The zero-order valence-corrected chi connectivity index (χ0v) is 11.8. The molecular weight excluding hydrogens is 236 g/mol. The number of carbonyl (C=O) groups is 1. The Hall–Kier alpha value is -2.09. The Bertz CT molecular complexity index is 604. The highest BCUT2D eigenvalue weighted by Crippen LogP contribution is 2.31. The summed E-state index contributed by atoms with van der Waals surface area (Å²) in [5, 5.41) is 0. The number of aldehydes is 1. The summed E-state index contributed by atoms with van der Waals surface area (Å²) in [4.78, 5) is 11.2. The molecule has 0 fully saturated rings. The van der Waals surface area contributed by atoms with E-state index in [2.05, 4.69) is 12.1 Å². The van der Waals surface area contributed by atoms with Gasteiger partial charge in [0, 0.05) is 5.56 Å². The summed E-state index contributed by atoms with van der Waals surface area (Å²) in [7, 11) is 1.68. The van der Waals surface area contributed by atoms with Gasteiger partial charge in [0.25, 0.3) is 0 Å². The molecule has 0 N–H and O–H groups in total. The molecule has 0 radical (unpaired) electrons. The van der Waals surface area contributed by atoms with Crippen molar-refractivity contribution in [3.05, 3.63) is 52.6 Å². The van der Waals surface area contributed by atoms with Gasteiger partial charge in [0.2, 0.25) is 0 Å². The fourth-order valence-electron chi connectivity index (χ4n) is 2.45. The van der Waals surface area contributed by atoms with Crippen molar-refractivity contribution in [2.24, 2.45) is 0 Å². The number of hydrogen-bond donors (Lipinski definition) is 0. The Labute approximate surface area is 114 Å². The van der Waals surface area contributed by atoms with Crippen LogP contribution < -0.4 is 4.74 Å². The lowest BCUT2D eigenvalue weighted by Crippen LogP contribution is -1.94. The summed E-state index contributed by atoms with van der Waals surface area (Å²) in [5.41, 5.74) is 6.05. The average Bonchev–Trinajstić information content (AvgIpc) is 2.38. The number of hydrogen-bond acceptors (Lipinski definition) is 2. The molecule has 0 aliphatic rings. The van der Waals surface area contributed by atoms with Crippen molar-refractivity contribution in [3.63, 3.8) is 0 Å². The molecule has 0 saturated heterocycles. The van der Waals surface area contributed by atoms with Crippen LogP contribution in [0.1, 0.15) is 27.0 Å². The van der Waals surface area contributed by atoms with Crippen LogP contribution in [0, 0.1) is 20.8 Å². The smallest absolute Gasteiger partial charge is 0.150 e. The molecule has 0 heterocycles. The molecule has 2 rings (SSSR count). The Balaban J connectivity index is 2.65. The van der Waals surface area contributed by atoms with Gasteiger partial charge in [-0.3, -0.25) is 4.79 Å². The first-order valence-electron chi connectivity index (χ1n) is 6.28. The van der Waals surface area contributed by atoms with E-state index in [0.29, 0.717) is 0 Å². The quantitative estimate of drug-likeness (QED) is 0.771. The molecule has 0 aromatic heterocycles. The van der Waals surface area contributed by atoms with E-state index in [4.69, 9.17) is 4.74 Å². The molecular formula is C17H18O2. The van der Waals surface area contributed by atoms with Gasteiger partial charge in [-0.15, -0.1) is 0 Å². The Morgan fingerprint density at radius 3 is 2.16 bits per heavy atom. The van der Waals surface area contributed by atoms with Crippen LogP contribution >= 0.6 is 0 Å². The number of rotatable bonds is 3. The minimum absolute atomic E-state index is 0.717. The molecule has 0 spiro atoms. The highest BCUT2D eigenvalue weighted by Gasteiger charge is 2.10. The number of benzene rings is 2. The normalized spacial score (nSPS) is 10.3.